The van der Waals surface area contributed by atoms with Gasteiger partial charge in [0.15, 0.2) is 0 Å². The van der Waals surface area contributed by atoms with E-state index < -0.39 is 0 Å². The third-order valence-electron chi connectivity index (χ3n) is 5.73. The first-order chi connectivity index (χ1) is 14.0. The minimum atomic E-state index is -0.271. The van der Waals surface area contributed by atoms with Crippen LogP contribution in [-0.2, 0) is 9.59 Å². The van der Waals surface area contributed by atoms with E-state index in [-0.39, 0.29) is 17.9 Å². The highest BCUT2D eigenvalue weighted by atomic mass is 16.5. The Morgan fingerprint density at radius 2 is 1.66 bits per heavy atom. The molecular formula is C22H33N3O4. The molecule has 2 aliphatic rings. The largest absolute Gasteiger partial charge is 0.497 e. The zero-order valence-corrected chi connectivity index (χ0v) is 17.8. The van der Waals surface area contributed by atoms with E-state index in [1.807, 2.05) is 24.3 Å². The Bertz CT molecular complexity index is 684. The Hall–Kier alpha value is -2.12. The summed E-state index contributed by atoms with van der Waals surface area (Å²) in [7, 11) is 1.65. The zero-order chi connectivity index (χ0) is 20.8. The molecule has 0 aliphatic carbocycles. The van der Waals surface area contributed by atoms with E-state index >= 15 is 0 Å². The smallest absolute Gasteiger partial charge is 0.247 e. The summed E-state index contributed by atoms with van der Waals surface area (Å²) in [6.45, 7) is 9.63. The van der Waals surface area contributed by atoms with Crippen molar-refractivity contribution >= 4 is 11.8 Å². The summed E-state index contributed by atoms with van der Waals surface area (Å²) in [5, 5.41) is 0. The number of hydrogen-bond donors (Lipinski definition) is 0. The van der Waals surface area contributed by atoms with Crippen LogP contribution in [0.25, 0.3) is 0 Å². The van der Waals surface area contributed by atoms with Crippen molar-refractivity contribution in [2.45, 2.75) is 32.7 Å². The van der Waals surface area contributed by atoms with Gasteiger partial charge in [0.2, 0.25) is 11.8 Å². The summed E-state index contributed by atoms with van der Waals surface area (Å²) in [6.07, 6.45) is 1.20. The van der Waals surface area contributed by atoms with Gasteiger partial charge >= 0.3 is 0 Å². The number of piperazine rings is 1. The van der Waals surface area contributed by atoms with E-state index in [2.05, 4.69) is 23.6 Å². The highest BCUT2D eigenvalue weighted by molar-refractivity contribution is 6.05. The number of carbonyl (C=O) groups excluding carboxylic acids is 2. The minimum absolute atomic E-state index is 0.00746. The molecule has 0 N–H and O–H groups in total. The number of likely N-dealkylation sites (tertiary alicyclic amines) is 1. The first-order valence-electron chi connectivity index (χ1n) is 10.6. The Balaban J connectivity index is 1.39. The first-order valence-corrected chi connectivity index (χ1v) is 10.6. The molecule has 0 aromatic heterocycles. The Morgan fingerprint density at radius 1 is 1.00 bits per heavy atom. The summed E-state index contributed by atoms with van der Waals surface area (Å²) < 4.78 is 11.0. The summed E-state index contributed by atoms with van der Waals surface area (Å²) >= 11 is 0. The molecule has 3 rings (SSSR count). The van der Waals surface area contributed by atoms with Crippen LogP contribution in [0, 0.1) is 5.92 Å². The van der Waals surface area contributed by atoms with Crippen molar-refractivity contribution in [2.24, 2.45) is 5.92 Å². The molecule has 2 saturated heterocycles. The van der Waals surface area contributed by atoms with Crippen LogP contribution in [0.5, 0.6) is 11.5 Å². The fraction of sp³-hybridized carbons (Fsp3) is 0.636. The van der Waals surface area contributed by atoms with Crippen LogP contribution in [0.15, 0.2) is 24.3 Å². The van der Waals surface area contributed by atoms with Gasteiger partial charge in [-0.15, -0.1) is 0 Å². The third kappa shape index (κ3) is 5.70. The lowest BCUT2D eigenvalue weighted by atomic mass is 10.1. The van der Waals surface area contributed by atoms with Gasteiger partial charge in [0.1, 0.15) is 18.1 Å². The van der Waals surface area contributed by atoms with Gasteiger partial charge in [-0.1, -0.05) is 13.8 Å². The van der Waals surface area contributed by atoms with Gasteiger partial charge in [-0.3, -0.25) is 24.3 Å². The molecule has 0 bridgehead atoms. The average Bonchev–Trinajstić information content (AvgIpc) is 3.01. The molecule has 29 heavy (non-hydrogen) atoms. The summed E-state index contributed by atoms with van der Waals surface area (Å²) in [5.74, 6) is 2.11. The predicted molar refractivity (Wildman–Crippen MR) is 111 cm³/mol. The Kier molecular flexibility index (Phi) is 7.50. The predicted octanol–water partition coefficient (Wildman–Crippen LogP) is 1.87. The molecule has 7 nitrogen and oxygen atoms in total. The van der Waals surface area contributed by atoms with Crippen LogP contribution in [0.2, 0.25) is 0 Å². The van der Waals surface area contributed by atoms with E-state index in [9.17, 15) is 9.59 Å². The molecule has 1 aromatic carbocycles. The third-order valence-corrected chi connectivity index (χ3v) is 5.73. The van der Waals surface area contributed by atoms with Crippen LogP contribution >= 0.6 is 0 Å². The topological polar surface area (TPSA) is 62.3 Å². The molecule has 0 saturated carbocycles. The van der Waals surface area contributed by atoms with E-state index in [1.165, 1.54) is 4.90 Å². The maximum atomic E-state index is 12.7. The van der Waals surface area contributed by atoms with Crippen LogP contribution in [0.3, 0.4) is 0 Å². The van der Waals surface area contributed by atoms with Crippen LogP contribution < -0.4 is 9.47 Å². The molecule has 0 spiro atoms. The van der Waals surface area contributed by atoms with Crippen LogP contribution in [-0.4, -0.2) is 85.5 Å². The number of nitrogens with zero attached hydrogens (tertiary/aromatic N) is 3. The molecule has 160 valence electrons. The van der Waals surface area contributed by atoms with Crippen LogP contribution in [0.4, 0.5) is 0 Å². The standard InChI is InChI=1S/C22H33N3O4/c1-17(2)8-9-25-21(26)16-20(22(25)27)24-12-10-23(11-13-24)14-15-29-19-6-4-18(28-3)5-7-19/h4-7,17,20H,8-16H2,1-3H3/t20-/m0/s1. The van der Waals surface area contributed by atoms with Crippen molar-refractivity contribution in [3.8, 4) is 11.5 Å². The van der Waals surface area contributed by atoms with Crippen molar-refractivity contribution < 1.29 is 19.1 Å². The quantitative estimate of drug-likeness (QED) is 0.587. The monoisotopic (exact) mass is 403 g/mol. The number of carbonyl (C=O) groups is 2. The molecule has 0 unspecified atom stereocenters. The summed E-state index contributed by atoms with van der Waals surface area (Å²) in [5.41, 5.74) is 0. The average molecular weight is 404 g/mol. The van der Waals surface area contributed by atoms with Crippen molar-refractivity contribution in [1.29, 1.82) is 0 Å². The highest BCUT2D eigenvalue weighted by Crippen LogP contribution is 2.21. The molecule has 2 amide bonds. The molecule has 0 radical (unpaired) electrons. The van der Waals surface area contributed by atoms with Gasteiger partial charge in [0, 0.05) is 39.3 Å². The molecule has 2 aliphatic heterocycles. The van der Waals surface area contributed by atoms with Crippen molar-refractivity contribution in [3.05, 3.63) is 24.3 Å². The van der Waals surface area contributed by atoms with Crippen molar-refractivity contribution in [2.75, 3.05) is 53.0 Å². The second-order valence-corrected chi connectivity index (χ2v) is 8.19. The van der Waals surface area contributed by atoms with Gasteiger partial charge in [0.25, 0.3) is 0 Å². The zero-order valence-electron chi connectivity index (χ0n) is 17.8. The van der Waals surface area contributed by atoms with Gasteiger partial charge in [0.05, 0.1) is 19.6 Å². The molecule has 2 fully saturated rings. The van der Waals surface area contributed by atoms with E-state index in [4.69, 9.17) is 9.47 Å². The fourth-order valence-corrected chi connectivity index (χ4v) is 3.84. The number of hydrogen-bond acceptors (Lipinski definition) is 6. The number of rotatable bonds is 9. The van der Waals surface area contributed by atoms with Gasteiger partial charge < -0.3 is 9.47 Å². The second kappa shape index (κ2) is 10.1. The number of methoxy groups -OCH3 is 1. The molecular weight excluding hydrogens is 370 g/mol. The van der Waals surface area contributed by atoms with E-state index in [1.54, 1.807) is 7.11 Å². The number of amides is 2. The van der Waals surface area contributed by atoms with Crippen molar-refractivity contribution in [3.63, 3.8) is 0 Å². The number of ether oxygens (including phenoxy) is 2. The van der Waals surface area contributed by atoms with E-state index in [0.29, 0.717) is 25.5 Å². The lowest BCUT2D eigenvalue weighted by Crippen LogP contribution is -2.53. The first kappa shape index (κ1) is 21.6. The summed E-state index contributed by atoms with van der Waals surface area (Å²) in [4.78, 5) is 31.0. The van der Waals surface area contributed by atoms with E-state index in [0.717, 1.165) is 50.6 Å². The molecule has 7 heteroatoms. The molecule has 1 aromatic rings. The van der Waals surface area contributed by atoms with Crippen molar-refractivity contribution in [1.82, 2.24) is 14.7 Å². The number of imide groups is 1. The highest BCUT2D eigenvalue weighted by Gasteiger charge is 2.42. The lowest BCUT2D eigenvalue weighted by Gasteiger charge is -2.36. The second-order valence-electron chi connectivity index (χ2n) is 8.19. The van der Waals surface area contributed by atoms with Crippen LogP contribution in [0.1, 0.15) is 26.7 Å². The maximum absolute atomic E-state index is 12.7. The van der Waals surface area contributed by atoms with Gasteiger partial charge in [-0.25, -0.2) is 0 Å². The minimum Gasteiger partial charge on any atom is -0.497 e. The maximum Gasteiger partial charge on any atom is 0.247 e. The normalized spacial score (nSPS) is 21.2. The molecule has 1 atom stereocenters. The summed E-state index contributed by atoms with van der Waals surface area (Å²) in [6, 6.07) is 7.32. The fourth-order valence-electron chi connectivity index (χ4n) is 3.84. The molecule has 2 heterocycles. The van der Waals surface area contributed by atoms with Gasteiger partial charge in [-0.2, -0.15) is 0 Å². The van der Waals surface area contributed by atoms with Gasteiger partial charge in [-0.05, 0) is 36.6 Å². The Morgan fingerprint density at radius 3 is 2.28 bits per heavy atom. The lowest BCUT2D eigenvalue weighted by molar-refractivity contribution is -0.140. The SMILES string of the molecule is COc1ccc(OCCN2CCN([C@H]3CC(=O)N(CCC(C)C)C3=O)CC2)cc1. The Labute approximate surface area is 173 Å². The number of benzene rings is 1.